The molecule has 0 saturated heterocycles. The van der Waals surface area contributed by atoms with Crippen LogP contribution in [0.1, 0.15) is 25.8 Å². The number of halogens is 1. The van der Waals surface area contributed by atoms with E-state index in [2.05, 4.69) is 24.0 Å². The Morgan fingerprint density at radius 2 is 1.96 bits per heavy atom. The van der Waals surface area contributed by atoms with Crippen LogP contribution in [-0.2, 0) is 0 Å². The van der Waals surface area contributed by atoms with Gasteiger partial charge in [0.1, 0.15) is 5.75 Å². The van der Waals surface area contributed by atoms with Crippen LogP contribution >= 0.6 is 11.6 Å². The molecule has 0 bridgehead atoms. The van der Waals surface area contributed by atoms with Crippen LogP contribution < -0.4 is 4.74 Å². The van der Waals surface area contributed by atoms with Crippen LogP contribution in [0.4, 0.5) is 0 Å². The molecule has 0 spiro atoms. The van der Waals surface area contributed by atoms with Crippen LogP contribution in [0.25, 0.3) is 22.8 Å². The quantitative estimate of drug-likeness (QED) is 0.560. The van der Waals surface area contributed by atoms with Crippen LogP contribution in [0.15, 0.2) is 47.0 Å². The third-order valence-electron chi connectivity index (χ3n) is 3.94. The second-order valence-corrected chi connectivity index (χ2v) is 6.82. The van der Waals surface area contributed by atoms with Crippen LogP contribution in [0.2, 0.25) is 5.02 Å². The summed E-state index contributed by atoms with van der Waals surface area (Å²) in [7, 11) is 0. The first-order valence-electron chi connectivity index (χ1n) is 8.37. The van der Waals surface area contributed by atoms with Gasteiger partial charge in [0.05, 0.1) is 11.6 Å². The Morgan fingerprint density at radius 1 is 1.16 bits per heavy atom. The molecule has 3 rings (SSSR count). The first kappa shape index (κ1) is 17.5. The molecule has 0 fully saturated rings. The van der Waals surface area contributed by atoms with E-state index in [9.17, 15) is 0 Å². The second-order valence-electron chi connectivity index (χ2n) is 6.41. The Hall–Kier alpha value is -2.33. The second kappa shape index (κ2) is 7.70. The minimum absolute atomic E-state index is 0.501. The van der Waals surface area contributed by atoms with Gasteiger partial charge in [-0.3, -0.25) is 0 Å². The Morgan fingerprint density at radius 3 is 2.68 bits per heavy atom. The molecule has 5 heteroatoms. The van der Waals surface area contributed by atoms with Gasteiger partial charge in [-0.25, -0.2) is 0 Å². The fraction of sp³-hybridized carbons (Fsp3) is 0.300. The first-order chi connectivity index (χ1) is 12.0. The van der Waals surface area contributed by atoms with Gasteiger partial charge in [0.25, 0.3) is 5.89 Å². The predicted octanol–water partition coefficient (Wildman–Crippen LogP) is 5.79. The Kier molecular flexibility index (Phi) is 5.39. The highest BCUT2D eigenvalue weighted by Gasteiger charge is 2.13. The lowest BCUT2D eigenvalue weighted by molar-refractivity contribution is 0.289. The van der Waals surface area contributed by atoms with E-state index < -0.39 is 0 Å². The van der Waals surface area contributed by atoms with Crippen molar-refractivity contribution in [1.82, 2.24) is 10.1 Å². The highest BCUT2D eigenvalue weighted by atomic mass is 35.5. The van der Waals surface area contributed by atoms with E-state index in [1.54, 1.807) is 6.07 Å². The summed E-state index contributed by atoms with van der Waals surface area (Å²) >= 11 is 6.33. The van der Waals surface area contributed by atoms with Crippen molar-refractivity contribution in [3.05, 3.63) is 53.1 Å². The Bertz CT molecular complexity index is 858. The number of aromatic nitrogens is 2. The van der Waals surface area contributed by atoms with Gasteiger partial charge in [0.15, 0.2) is 0 Å². The molecule has 0 radical (unpaired) electrons. The van der Waals surface area contributed by atoms with Gasteiger partial charge in [0.2, 0.25) is 5.82 Å². The van der Waals surface area contributed by atoms with Crippen LogP contribution in [0, 0.1) is 12.8 Å². The van der Waals surface area contributed by atoms with Gasteiger partial charge in [0, 0.05) is 11.1 Å². The maximum atomic E-state index is 6.33. The third kappa shape index (κ3) is 4.20. The first-order valence-corrected chi connectivity index (χ1v) is 8.75. The lowest BCUT2D eigenvalue weighted by atomic mass is 10.1. The zero-order valence-corrected chi connectivity index (χ0v) is 15.4. The molecule has 0 saturated carbocycles. The average Bonchev–Trinajstić information content (AvgIpc) is 3.06. The monoisotopic (exact) mass is 356 g/mol. The van der Waals surface area contributed by atoms with Gasteiger partial charge in [-0.15, -0.1) is 0 Å². The van der Waals surface area contributed by atoms with Crippen molar-refractivity contribution in [1.29, 1.82) is 0 Å². The van der Waals surface area contributed by atoms with Crippen LogP contribution in [0.3, 0.4) is 0 Å². The van der Waals surface area contributed by atoms with E-state index in [0.717, 1.165) is 23.1 Å². The molecule has 0 aliphatic carbocycles. The molecular weight excluding hydrogens is 336 g/mol. The molecule has 2 aromatic carbocycles. The number of rotatable bonds is 6. The molecule has 0 atom stereocenters. The standard InChI is InChI=1S/C20H21ClN2O2/c1-13(2)10-11-24-18-9-8-15(12-17(18)21)19-22-20(25-23-19)16-7-5-4-6-14(16)3/h4-9,12-13H,10-11H2,1-3H3. The van der Waals surface area contributed by atoms with Crippen molar-refractivity contribution in [2.24, 2.45) is 5.92 Å². The minimum Gasteiger partial charge on any atom is -0.492 e. The number of nitrogens with zero attached hydrogens (tertiary/aromatic N) is 2. The fourth-order valence-electron chi connectivity index (χ4n) is 2.42. The molecule has 3 aromatic rings. The molecule has 4 nitrogen and oxygen atoms in total. The zero-order valence-electron chi connectivity index (χ0n) is 14.6. The third-order valence-corrected chi connectivity index (χ3v) is 4.24. The smallest absolute Gasteiger partial charge is 0.258 e. The Labute approximate surface area is 152 Å². The summed E-state index contributed by atoms with van der Waals surface area (Å²) in [5.41, 5.74) is 2.82. The largest absolute Gasteiger partial charge is 0.492 e. The molecule has 0 aliphatic heterocycles. The number of aryl methyl sites for hydroxylation is 1. The van der Waals surface area contributed by atoms with E-state index >= 15 is 0 Å². The van der Waals surface area contributed by atoms with Crippen LogP contribution in [0.5, 0.6) is 5.75 Å². The van der Waals surface area contributed by atoms with Gasteiger partial charge in [-0.1, -0.05) is 48.8 Å². The van der Waals surface area contributed by atoms with E-state index in [1.165, 1.54) is 0 Å². The molecule has 1 heterocycles. The Balaban J connectivity index is 1.79. The molecule has 0 amide bonds. The van der Waals surface area contributed by atoms with Crippen molar-refractivity contribution < 1.29 is 9.26 Å². The highest BCUT2D eigenvalue weighted by Crippen LogP contribution is 2.31. The van der Waals surface area contributed by atoms with Crippen molar-refractivity contribution in [3.63, 3.8) is 0 Å². The maximum Gasteiger partial charge on any atom is 0.258 e. The molecular formula is C20H21ClN2O2. The summed E-state index contributed by atoms with van der Waals surface area (Å²) in [6.45, 7) is 6.99. The van der Waals surface area contributed by atoms with Gasteiger partial charge in [-0.05, 0) is 49.1 Å². The maximum absolute atomic E-state index is 6.33. The molecule has 25 heavy (non-hydrogen) atoms. The lowest BCUT2D eigenvalue weighted by Crippen LogP contribution is -2.01. The van der Waals surface area contributed by atoms with Crippen LogP contribution in [-0.4, -0.2) is 16.7 Å². The summed E-state index contributed by atoms with van der Waals surface area (Å²) in [6.07, 6.45) is 0.989. The topological polar surface area (TPSA) is 48.2 Å². The predicted molar refractivity (Wildman–Crippen MR) is 99.9 cm³/mol. The van der Waals surface area contributed by atoms with Crippen molar-refractivity contribution in [2.45, 2.75) is 27.2 Å². The molecule has 1 aromatic heterocycles. The summed E-state index contributed by atoms with van der Waals surface area (Å²) in [5.74, 6) is 2.28. The lowest BCUT2D eigenvalue weighted by Gasteiger charge is -2.10. The number of benzene rings is 2. The van der Waals surface area contributed by atoms with Gasteiger partial charge < -0.3 is 9.26 Å². The SMILES string of the molecule is Cc1ccccc1-c1nc(-c2ccc(OCCC(C)C)c(Cl)c2)no1. The summed E-state index contributed by atoms with van der Waals surface area (Å²) < 4.78 is 11.1. The van der Waals surface area contributed by atoms with E-state index in [-0.39, 0.29) is 0 Å². The van der Waals surface area contributed by atoms with Crippen molar-refractivity contribution in [3.8, 4) is 28.6 Å². The normalized spacial score (nSPS) is 11.1. The number of ether oxygens (including phenoxy) is 1. The van der Waals surface area contributed by atoms with Crippen molar-refractivity contribution in [2.75, 3.05) is 6.61 Å². The zero-order chi connectivity index (χ0) is 17.8. The van der Waals surface area contributed by atoms with Crippen molar-refractivity contribution >= 4 is 11.6 Å². The highest BCUT2D eigenvalue weighted by molar-refractivity contribution is 6.32. The molecule has 0 aliphatic rings. The average molecular weight is 357 g/mol. The molecule has 130 valence electrons. The van der Waals surface area contributed by atoms with Gasteiger partial charge >= 0.3 is 0 Å². The molecule has 0 unspecified atom stereocenters. The van der Waals surface area contributed by atoms with E-state index in [1.807, 2.05) is 43.3 Å². The molecule has 0 N–H and O–H groups in total. The van der Waals surface area contributed by atoms with E-state index in [0.29, 0.717) is 35.0 Å². The summed E-state index contributed by atoms with van der Waals surface area (Å²) in [6, 6.07) is 13.5. The summed E-state index contributed by atoms with van der Waals surface area (Å²) in [4.78, 5) is 4.49. The fourth-order valence-corrected chi connectivity index (χ4v) is 2.66. The van der Waals surface area contributed by atoms with Gasteiger partial charge in [-0.2, -0.15) is 4.98 Å². The van der Waals surface area contributed by atoms with E-state index in [4.69, 9.17) is 20.9 Å². The number of hydrogen-bond acceptors (Lipinski definition) is 4. The number of hydrogen-bond donors (Lipinski definition) is 0. The minimum atomic E-state index is 0.501. The summed E-state index contributed by atoms with van der Waals surface area (Å²) in [5, 5.41) is 4.62.